The molecule has 6 nitrogen and oxygen atoms in total. The van der Waals surface area contributed by atoms with Crippen LogP contribution in [0.4, 0.5) is 19.0 Å². The first-order valence-corrected chi connectivity index (χ1v) is 7.83. The summed E-state index contributed by atoms with van der Waals surface area (Å²) in [7, 11) is 0. The SMILES string of the molecule is CC(F)(F)C(O)CCNc1nnc(-c2cc(Cl)ccc2F)cc1C(=O)O. The van der Waals surface area contributed by atoms with Gasteiger partial charge in [-0.15, -0.1) is 10.2 Å². The average Bonchev–Trinajstić information content (AvgIpc) is 2.56. The molecule has 26 heavy (non-hydrogen) atoms. The van der Waals surface area contributed by atoms with Crippen LogP contribution in [0, 0.1) is 5.82 Å². The van der Waals surface area contributed by atoms with Crippen molar-refractivity contribution in [3.63, 3.8) is 0 Å². The number of benzene rings is 1. The summed E-state index contributed by atoms with van der Waals surface area (Å²) in [6, 6.07) is 4.81. The predicted molar refractivity (Wildman–Crippen MR) is 89.1 cm³/mol. The van der Waals surface area contributed by atoms with Crippen LogP contribution in [0.5, 0.6) is 0 Å². The summed E-state index contributed by atoms with van der Waals surface area (Å²) in [6.45, 7) is 0.416. The van der Waals surface area contributed by atoms with Gasteiger partial charge in [0.05, 0.1) is 5.69 Å². The zero-order chi connectivity index (χ0) is 19.5. The number of nitrogens with one attached hydrogen (secondary N) is 1. The Kier molecular flexibility index (Phi) is 6.04. The average molecular weight is 390 g/mol. The second-order valence-electron chi connectivity index (χ2n) is 5.61. The maximum absolute atomic E-state index is 13.9. The second-order valence-corrected chi connectivity index (χ2v) is 6.05. The molecule has 1 atom stereocenters. The lowest BCUT2D eigenvalue weighted by molar-refractivity contribution is -0.0943. The molecule has 0 aliphatic rings. The Morgan fingerprint density at radius 2 is 2.04 bits per heavy atom. The number of anilines is 1. The van der Waals surface area contributed by atoms with E-state index in [0.717, 1.165) is 12.1 Å². The Morgan fingerprint density at radius 1 is 1.35 bits per heavy atom. The molecule has 0 aliphatic heterocycles. The van der Waals surface area contributed by atoms with Crippen molar-refractivity contribution in [3.05, 3.63) is 40.7 Å². The third-order valence-electron chi connectivity index (χ3n) is 3.52. The van der Waals surface area contributed by atoms with Crippen molar-refractivity contribution in [2.45, 2.75) is 25.4 Å². The molecule has 1 unspecified atom stereocenters. The molecule has 0 aliphatic carbocycles. The highest BCUT2D eigenvalue weighted by atomic mass is 35.5. The van der Waals surface area contributed by atoms with Crippen LogP contribution in [0.2, 0.25) is 5.02 Å². The molecule has 2 rings (SSSR count). The lowest BCUT2D eigenvalue weighted by Crippen LogP contribution is -2.31. The van der Waals surface area contributed by atoms with E-state index in [-0.39, 0.29) is 40.6 Å². The van der Waals surface area contributed by atoms with Crippen molar-refractivity contribution in [2.75, 3.05) is 11.9 Å². The molecule has 3 N–H and O–H groups in total. The van der Waals surface area contributed by atoms with Gasteiger partial charge in [0.25, 0.3) is 5.92 Å². The standard InChI is InChI=1S/C16H15ClF3N3O3/c1-16(19,20)13(24)4-5-21-14-10(15(25)26)7-12(22-23-14)9-6-8(17)2-3-11(9)18/h2-3,6-7,13,24H,4-5H2,1H3,(H,21,23)(H,25,26). The third-order valence-corrected chi connectivity index (χ3v) is 3.76. The van der Waals surface area contributed by atoms with Crippen molar-refractivity contribution in [2.24, 2.45) is 0 Å². The number of nitrogens with zero attached hydrogens (tertiary/aromatic N) is 2. The number of aliphatic hydroxyl groups excluding tert-OH is 1. The summed E-state index contributed by atoms with van der Waals surface area (Å²) < 4.78 is 39.7. The number of alkyl halides is 2. The highest BCUT2D eigenvalue weighted by Gasteiger charge is 2.31. The summed E-state index contributed by atoms with van der Waals surface area (Å²) >= 11 is 5.81. The molecule has 10 heteroatoms. The zero-order valence-corrected chi connectivity index (χ0v) is 14.3. The molecule has 0 fully saturated rings. The van der Waals surface area contributed by atoms with Crippen molar-refractivity contribution in [1.29, 1.82) is 0 Å². The number of hydrogen-bond acceptors (Lipinski definition) is 5. The normalized spacial score (nSPS) is 12.7. The summed E-state index contributed by atoms with van der Waals surface area (Å²) in [4.78, 5) is 11.4. The van der Waals surface area contributed by atoms with Crippen LogP contribution in [-0.4, -0.2) is 45.0 Å². The number of hydrogen-bond donors (Lipinski definition) is 3. The van der Waals surface area contributed by atoms with E-state index in [1.807, 2.05) is 0 Å². The molecule has 0 spiro atoms. The van der Waals surface area contributed by atoms with Gasteiger partial charge in [0.1, 0.15) is 17.5 Å². The van der Waals surface area contributed by atoms with Gasteiger partial charge >= 0.3 is 5.97 Å². The van der Waals surface area contributed by atoms with Gasteiger partial charge in [0.2, 0.25) is 0 Å². The molecule has 0 amide bonds. The largest absolute Gasteiger partial charge is 0.478 e. The quantitative estimate of drug-likeness (QED) is 0.671. The van der Waals surface area contributed by atoms with Crippen LogP contribution >= 0.6 is 11.6 Å². The fourth-order valence-electron chi connectivity index (χ4n) is 2.09. The Balaban J connectivity index is 2.24. The van der Waals surface area contributed by atoms with E-state index in [4.69, 9.17) is 11.6 Å². The van der Waals surface area contributed by atoms with E-state index in [1.165, 1.54) is 12.1 Å². The topological polar surface area (TPSA) is 95.3 Å². The minimum Gasteiger partial charge on any atom is -0.478 e. The number of aliphatic hydroxyl groups is 1. The first-order valence-electron chi connectivity index (χ1n) is 7.45. The molecule has 1 heterocycles. The molecule has 1 aromatic carbocycles. The summed E-state index contributed by atoms with van der Waals surface area (Å²) in [6.07, 6.45) is -2.23. The first kappa shape index (κ1) is 19.9. The van der Waals surface area contributed by atoms with Gasteiger partial charge in [-0.05, 0) is 30.7 Å². The Hall–Kier alpha value is -2.39. The number of carboxylic acids is 1. The smallest absolute Gasteiger partial charge is 0.339 e. The summed E-state index contributed by atoms with van der Waals surface area (Å²) in [5, 5.41) is 28.8. The molecule has 0 bridgehead atoms. The van der Waals surface area contributed by atoms with Crippen LogP contribution in [0.25, 0.3) is 11.3 Å². The summed E-state index contributed by atoms with van der Waals surface area (Å²) in [5.74, 6) is -5.49. The highest BCUT2D eigenvalue weighted by Crippen LogP contribution is 2.26. The summed E-state index contributed by atoms with van der Waals surface area (Å²) in [5.41, 5.74) is -0.403. The van der Waals surface area contributed by atoms with Crippen LogP contribution in [0.3, 0.4) is 0 Å². The van der Waals surface area contributed by atoms with Crippen molar-refractivity contribution in [1.82, 2.24) is 10.2 Å². The molecule has 2 aromatic rings. The first-order chi connectivity index (χ1) is 12.1. The third kappa shape index (κ3) is 4.83. The number of aromatic nitrogens is 2. The fourth-order valence-corrected chi connectivity index (χ4v) is 2.26. The van der Waals surface area contributed by atoms with E-state index < -0.39 is 23.8 Å². The van der Waals surface area contributed by atoms with Crippen LogP contribution < -0.4 is 5.32 Å². The van der Waals surface area contributed by atoms with Gasteiger partial charge in [0, 0.05) is 24.1 Å². The second kappa shape index (κ2) is 7.88. The molecule has 1 aromatic heterocycles. The minimum atomic E-state index is -3.28. The predicted octanol–water partition coefficient (Wildman–Crippen LogP) is 3.45. The maximum atomic E-state index is 13.9. The monoisotopic (exact) mass is 389 g/mol. The number of halogens is 4. The number of carboxylic acid groups (broad SMARTS) is 1. The molecule has 140 valence electrons. The maximum Gasteiger partial charge on any atom is 0.339 e. The van der Waals surface area contributed by atoms with Crippen LogP contribution in [0.1, 0.15) is 23.7 Å². The van der Waals surface area contributed by atoms with Crippen molar-refractivity contribution < 1.29 is 28.2 Å². The van der Waals surface area contributed by atoms with Gasteiger partial charge < -0.3 is 15.5 Å². The molecule has 0 saturated heterocycles. The number of carbonyl (C=O) groups is 1. The van der Waals surface area contributed by atoms with Gasteiger partial charge in [-0.25, -0.2) is 18.0 Å². The Labute approximate surface area is 151 Å². The van der Waals surface area contributed by atoms with E-state index >= 15 is 0 Å². The molecule has 0 saturated carbocycles. The van der Waals surface area contributed by atoms with E-state index in [1.54, 1.807) is 0 Å². The van der Waals surface area contributed by atoms with Crippen LogP contribution in [-0.2, 0) is 0 Å². The number of aromatic carboxylic acids is 1. The lowest BCUT2D eigenvalue weighted by Gasteiger charge is -2.18. The fraction of sp³-hybridized carbons (Fsp3) is 0.312. The Morgan fingerprint density at radius 3 is 2.65 bits per heavy atom. The van der Waals surface area contributed by atoms with Crippen molar-refractivity contribution in [3.8, 4) is 11.3 Å². The molecular formula is C16H15ClF3N3O3. The van der Waals surface area contributed by atoms with E-state index in [0.29, 0.717) is 6.92 Å². The van der Waals surface area contributed by atoms with Crippen LogP contribution in [0.15, 0.2) is 24.3 Å². The van der Waals surface area contributed by atoms with Gasteiger partial charge in [0.15, 0.2) is 5.82 Å². The van der Waals surface area contributed by atoms with Crippen molar-refractivity contribution >= 4 is 23.4 Å². The van der Waals surface area contributed by atoms with E-state index in [9.17, 15) is 28.2 Å². The molecule has 0 radical (unpaired) electrons. The van der Waals surface area contributed by atoms with E-state index in [2.05, 4.69) is 15.5 Å². The Bertz CT molecular complexity index is 815. The zero-order valence-electron chi connectivity index (χ0n) is 13.5. The lowest BCUT2D eigenvalue weighted by atomic mass is 10.1. The minimum absolute atomic E-state index is 0.0277. The van der Waals surface area contributed by atoms with Gasteiger partial charge in [-0.2, -0.15) is 0 Å². The molecular weight excluding hydrogens is 375 g/mol. The van der Waals surface area contributed by atoms with Gasteiger partial charge in [-0.1, -0.05) is 11.6 Å². The highest BCUT2D eigenvalue weighted by molar-refractivity contribution is 6.30. The number of rotatable bonds is 7. The van der Waals surface area contributed by atoms with Gasteiger partial charge in [-0.3, -0.25) is 0 Å².